The average Bonchev–Trinajstić information content (AvgIpc) is 2.69. The Morgan fingerprint density at radius 1 is 1.06 bits per heavy atom. The normalized spacial score (nSPS) is 37.7. The molecule has 0 spiro atoms. The van der Waals surface area contributed by atoms with Crippen molar-refractivity contribution >= 4 is 0 Å². The number of ether oxygens (including phenoxy) is 1. The van der Waals surface area contributed by atoms with Gasteiger partial charge >= 0.3 is 0 Å². The lowest BCUT2D eigenvalue weighted by Crippen LogP contribution is -2.42. The van der Waals surface area contributed by atoms with Crippen LogP contribution in [0.25, 0.3) is 0 Å². The maximum atomic E-state index is 5.60. The number of rotatable bonds is 5. The van der Waals surface area contributed by atoms with Crippen LogP contribution in [0.15, 0.2) is 0 Å². The van der Waals surface area contributed by atoms with Gasteiger partial charge in [-0.25, -0.2) is 0 Å². The Morgan fingerprint density at radius 2 is 1.94 bits per heavy atom. The highest BCUT2D eigenvalue weighted by atomic mass is 16.5. The fourth-order valence-electron chi connectivity index (χ4n) is 3.30. The van der Waals surface area contributed by atoms with Gasteiger partial charge < -0.3 is 15.4 Å². The molecule has 0 amide bonds. The van der Waals surface area contributed by atoms with E-state index in [1.165, 1.54) is 32.1 Å². The molecule has 1 saturated carbocycles. The molecule has 2 aliphatic rings. The first-order valence-corrected chi connectivity index (χ1v) is 7.84. The number of hydrogen-bond acceptors (Lipinski definition) is 3. The van der Waals surface area contributed by atoms with Crippen LogP contribution in [0.1, 0.15) is 46.0 Å². The topological polar surface area (TPSA) is 33.3 Å². The van der Waals surface area contributed by atoms with E-state index in [9.17, 15) is 0 Å². The molecule has 0 aromatic carbocycles. The van der Waals surface area contributed by atoms with Crippen LogP contribution in [0, 0.1) is 11.8 Å². The van der Waals surface area contributed by atoms with E-state index in [4.69, 9.17) is 4.74 Å². The zero-order chi connectivity index (χ0) is 12.8. The van der Waals surface area contributed by atoms with E-state index in [0.717, 1.165) is 38.3 Å². The van der Waals surface area contributed by atoms with Gasteiger partial charge in [-0.3, -0.25) is 0 Å². The second-order valence-corrected chi connectivity index (χ2v) is 6.18. The second kappa shape index (κ2) is 7.46. The van der Waals surface area contributed by atoms with E-state index in [1.807, 2.05) is 0 Å². The van der Waals surface area contributed by atoms with Gasteiger partial charge in [0.25, 0.3) is 0 Å². The third-order valence-electron chi connectivity index (χ3n) is 4.59. The monoisotopic (exact) mass is 254 g/mol. The van der Waals surface area contributed by atoms with E-state index >= 15 is 0 Å². The lowest BCUT2D eigenvalue weighted by molar-refractivity contribution is 0.181. The average molecular weight is 254 g/mol. The third-order valence-corrected chi connectivity index (χ3v) is 4.59. The van der Waals surface area contributed by atoms with Gasteiger partial charge in [0.2, 0.25) is 0 Å². The van der Waals surface area contributed by atoms with Crippen LogP contribution in [0.2, 0.25) is 0 Å². The largest absolute Gasteiger partial charge is 0.379 e. The fourth-order valence-corrected chi connectivity index (χ4v) is 3.30. The van der Waals surface area contributed by atoms with Crippen molar-refractivity contribution in [3.8, 4) is 0 Å². The van der Waals surface area contributed by atoms with Crippen LogP contribution in [-0.4, -0.2) is 38.4 Å². The van der Waals surface area contributed by atoms with Gasteiger partial charge in [-0.15, -0.1) is 0 Å². The van der Waals surface area contributed by atoms with Gasteiger partial charge in [-0.2, -0.15) is 0 Å². The highest BCUT2D eigenvalue weighted by molar-refractivity contribution is 4.84. The molecule has 106 valence electrons. The molecule has 18 heavy (non-hydrogen) atoms. The van der Waals surface area contributed by atoms with Crippen molar-refractivity contribution in [3.63, 3.8) is 0 Å². The summed E-state index contributed by atoms with van der Waals surface area (Å²) < 4.78 is 5.60. The Labute approximate surface area is 112 Å². The van der Waals surface area contributed by atoms with Crippen molar-refractivity contribution < 1.29 is 4.74 Å². The summed E-state index contributed by atoms with van der Waals surface area (Å²) in [4.78, 5) is 0. The predicted molar refractivity (Wildman–Crippen MR) is 75.8 cm³/mol. The van der Waals surface area contributed by atoms with Crippen molar-refractivity contribution in [1.29, 1.82) is 0 Å². The maximum Gasteiger partial charge on any atom is 0.0623 e. The van der Waals surface area contributed by atoms with E-state index in [2.05, 4.69) is 24.5 Å². The molecule has 0 aromatic heterocycles. The van der Waals surface area contributed by atoms with Crippen LogP contribution in [0.5, 0.6) is 0 Å². The molecule has 4 atom stereocenters. The van der Waals surface area contributed by atoms with Crippen LogP contribution in [0.3, 0.4) is 0 Å². The summed E-state index contributed by atoms with van der Waals surface area (Å²) in [6.07, 6.45) is 6.95. The van der Waals surface area contributed by atoms with Crippen LogP contribution < -0.4 is 10.6 Å². The first-order chi connectivity index (χ1) is 8.79. The second-order valence-electron chi connectivity index (χ2n) is 6.18. The summed E-state index contributed by atoms with van der Waals surface area (Å²) >= 11 is 0. The lowest BCUT2D eigenvalue weighted by Gasteiger charge is -2.22. The molecule has 4 unspecified atom stereocenters. The quantitative estimate of drug-likeness (QED) is 0.738. The summed E-state index contributed by atoms with van der Waals surface area (Å²) in [6.45, 7) is 8.56. The van der Waals surface area contributed by atoms with Crippen molar-refractivity contribution in [2.45, 2.75) is 58.0 Å². The van der Waals surface area contributed by atoms with Crippen molar-refractivity contribution in [2.24, 2.45) is 11.8 Å². The number of likely N-dealkylation sites (N-methyl/N-ethyl adjacent to an activating group) is 1. The standard InChI is InChI=1S/C15H30N2O/c1-3-16-15-11-18-10-13(15)9-17-14-6-4-5-12(2)7-8-14/h12-17H,3-11H2,1-2H3. The molecule has 2 N–H and O–H groups in total. The zero-order valence-electron chi connectivity index (χ0n) is 12.1. The molecule has 1 aliphatic carbocycles. The summed E-state index contributed by atoms with van der Waals surface area (Å²) in [5.41, 5.74) is 0. The number of hydrogen-bond donors (Lipinski definition) is 2. The molecule has 1 aliphatic heterocycles. The van der Waals surface area contributed by atoms with Gasteiger partial charge in [-0.1, -0.05) is 26.7 Å². The first kappa shape index (κ1) is 14.3. The third kappa shape index (κ3) is 4.22. The Hall–Kier alpha value is -0.120. The minimum atomic E-state index is 0.562. The SMILES string of the molecule is CCNC1COCC1CNC1CCCC(C)CC1. The first-order valence-electron chi connectivity index (χ1n) is 7.84. The molecule has 1 saturated heterocycles. The molecule has 3 nitrogen and oxygen atoms in total. The van der Waals surface area contributed by atoms with Crippen molar-refractivity contribution in [2.75, 3.05) is 26.3 Å². The fraction of sp³-hybridized carbons (Fsp3) is 1.00. The van der Waals surface area contributed by atoms with Gasteiger partial charge in [0.1, 0.15) is 0 Å². The lowest BCUT2D eigenvalue weighted by atomic mass is 10.0. The molecule has 2 fully saturated rings. The molecule has 0 radical (unpaired) electrons. The Morgan fingerprint density at radius 3 is 2.78 bits per heavy atom. The summed E-state index contributed by atoms with van der Waals surface area (Å²) in [5.74, 6) is 1.59. The van der Waals surface area contributed by atoms with Crippen LogP contribution >= 0.6 is 0 Å². The summed E-state index contributed by atoms with van der Waals surface area (Å²) in [5, 5.41) is 7.33. The maximum absolute atomic E-state index is 5.60. The highest BCUT2D eigenvalue weighted by Gasteiger charge is 2.28. The van der Waals surface area contributed by atoms with Crippen LogP contribution in [-0.2, 0) is 4.74 Å². The molecule has 0 aromatic rings. The molecule has 2 rings (SSSR count). The molecular formula is C15H30N2O. The van der Waals surface area contributed by atoms with E-state index < -0.39 is 0 Å². The minimum absolute atomic E-state index is 0.562. The van der Waals surface area contributed by atoms with Crippen molar-refractivity contribution in [3.05, 3.63) is 0 Å². The molecular weight excluding hydrogens is 224 g/mol. The van der Waals surface area contributed by atoms with E-state index in [1.54, 1.807) is 0 Å². The Kier molecular flexibility index (Phi) is 5.93. The minimum Gasteiger partial charge on any atom is -0.379 e. The van der Waals surface area contributed by atoms with E-state index in [-0.39, 0.29) is 0 Å². The Bertz CT molecular complexity index is 235. The predicted octanol–water partition coefficient (Wildman–Crippen LogP) is 2.17. The Balaban J connectivity index is 1.70. The zero-order valence-corrected chi connectivity index (χ0v) is 12.1. The summed E-state index contributed by atoms with van der Waals surface area (Å²) in [7, 11) is 0. The van der Waals surface area contributed by atoms with Gasteiger partial charge in [0.05, 0.1) is 13.2 Å². The van der Waals surface area contributed by atoms with Gasteiger partial charge in [0.15, 0.2) is 0 Å². The molecule has 3 heteroatoms. The highest BCUT2D eigenvalue weighted by Crippen LogP contribution is 2.23. The number of nitrogens with one attached hydrogen (secondary N) is 2. The van der Waals surface area contributed by atoms with Gasteiger partial charge in [-0.05, 0) is 31.7 Å². The van der Waals surface area contributed by atoms with Crippen LogP contribution in [0.4, 0.5) is 0 Å². The summed E-state index contributed by atoms with van der Waals surface area (Å²) in [6, 6.07) is 1.31. The van der Waals surface area contributed by atoms with Crippen molar-refractivity contribution in [1.82, 2.24) is 10.6 Å². The van der Waals surface area contributed by atoms with Gasteiger partial charge in [0, 0.05) is 24.5 Å². The molecule has 1 heterocycles. The smallest absolute Gasteiger partial charge is 0.0623 e. The van der Waals surface area contributed by atoms with E-state index in [0.29, 0.717) is 12.0 Å². The molecule has 0 bridgehead atoms.